The average Bonchev–Trinajstić information content (AvgIpc) is 2.88. The number of piperazine rings is 1. The van der Waals surface area contributed by atoms with Crippen molar-refractivity contribution in [3.05, 3.63) is 95.6 Å². The Hall–Kier alpha value is -3.37. The summed E-state index contributed by atoms with van der Waals surface area (Å²) in [4.78, 5) is 17.0. The van der Waals surface area contributed by atoms with Gasteiger partial charge in [0.05, 0.1) is 10.5 Å². The molecule has 1 aliphatic heterocycles. The first-order chi connectivity index (χ1) is 17.5. The summed E-state index contributed by atoms with van der Waals surface area (Å²) in [7, 11) is -3.97. The summed E-state index contributed by atoms with van der Waals surface area (Å²) < 4.78 is 68.1. The van der Waals surface area contributed by atoms with Crippen LogP contribution in [-0.4, -0.2) is 51.4 Å². The molecule has 0 aliphatic carbocycles. The Labute approximate surface area is 214 Å². The normalized spacial score (nSPS) is 15.5. The lowest BCUT2D eigenvalue weighted by Crippen LogP contribution is -2.55. The molecule has 1 aliphatic rings. The third kappa shape index (κ3) is 6.69. The van der Waals surface area contributed by atoms with Crippen molar-refractivity contribution in [1.29, 1.82) is 0 Å². The Bertz CT molecular complexity index is 1320. The quantitative estimate of drug-likeness (QED) is 0.495. The van der Waals surface area contributed by atoms with Crippen molar-refractivity contribution >= 4 is 21.6 Å². The van der Waals surface area contributed by atoms with Crippen LogP contribution in [0.2, 0.25) is 0 Å². The van der Waals surface area contributed by atoms with E-state index in [0.29, 0.717) is 18.8 Å². The molecule has 0 bridgehead atoms. The van der Waals surface area contributed by atoms with E-state index < -0.39 is 27.8 Å². The Morgan fingerprint density at radius 1 is 0.919 bits per heavy atom. The molecule has 1 N–H and O–H groups in total. The molecule has 6 nitrogen and oxygen atoms in total. The zero-order valence-electron chi connectivity index (χ0n) is 20.3. The predicted octanol–water partition coefficient (Wildman–Crippen LogP) is 4.25. The minimum atomic E-state index is -4.44. The lowest BCUT2D eigenvalue weighted by atomic mass is 10.1. The third-order valence-corrected chi connectivity index (χ3v) is 7.83. The summed E-state index contributed by atoms with van der Waals surface area (Å²) in [5.74, 6) is -0.372. The van der Waals surface area contributed by atoms with Gasteiger partial charge in [-0.15, -0.1) is 0 Å². The van der Waals surface area contributed by atoms with Crippen LogP contribution in [0, 0.1) is 6.92 Å². The number of nitrogens with zero attached hydrogens (tertiary/aromatic N) is 2. The molecule has 3 aromatic rings. The molecule has 0 saturated carbocycles. The van der Waals surface area contributed by atoms with Crippen LogP contribution < -0.4 is 9.62 Å². The molecule has 3 aromatic carbocycles. The van der Waals surface area contributed by atoms with Crippen LogP contribution in [0.15, 0.2) is 83.8 Å². The Balaban J connectivity index is 1.49. The van der Waals surface area contributed by atoms with E-state index in [-0.39, 0.29) is 30.3 Å². The molecule has 196 valence electrons. The van der Waals surface area contributed by atoms with Crippen LogP contribution in [0.3, 0.4) is 0 Å². The molecule has 1 heterocycles. The highest BCUT2D eigenvalue weighted by Crippen LogP contribution is 2.32. The second-order valence-electron chi connectivity index (χ2n) is 9.04. The van der Waals surface area contributed by atoms with Gasteiger partial charge in [0.15, 0.2) is 0 Å². The van der Waals surface area contributed by atoms with E-state index in [1.807, 2.05) is 37.3 Å². The largest absolute Gasteiger partial charge is 0.416 e. The van der Waals surface area contributed by atoms with Gasteiger partial charge < -0.3 is 9.80 Å². The average molecular weight is 532 g/mol. The number of sulfonamides is 1. The lowest BCUT2D eigenvalue weighted by molar-refractivity contribution is -0.137. The minimum absolute atomic E-state index is 0.0679. The van der Waals surface area contributed by atoms with E-state index in [0.717, 1.165) is 23.3 Å². The van der Waals surface area contributed by atoms with Gasteiger partial charge >= 0.3 is 6.18 Å². The van der Waals surface area contributed by atoms with Crippen molar-refractivity contribution in [1.82, 2.24) is 9.62 Å². The number of alkyl halides is 3. The first-order valence-electron chi connectivity index (χ1n) is 11.9. The fraction of sp³-hybridized carbons (Fsp3) is 0.296. The maximum atomic E-state index is 13.5. The van der Waals surface area contributed by atoms with Crippen molar-refractivity contribution in [3.63, 3.8) is 0 Å². The molecule has 1 saturated heterocycles. The molecule has 0 aromatic heterocycles. The molecule has 0 radical (unpaired) electrons. The maximum Gasteiger partial charge on any atom is 0.416 e. The second-order valence-corrected chi connectivity index (χ2v) is 10.8. The van der Waals surface area contributed by atoms with Gasteiger partial charge in [0.1, 0.15) is 6.04 Å². The lowest BCUT2D eigenvalue weighted by Gasteiger charge is -2.38. The SMILES string of the molecule is Cc1ccc(S(=O)(=O)N[C@H](Cc2ccccc2)C(=O)N2CCN(c3cccc(C(F)(F)F)c3)CC2)cc1. The molecular weight excluding hydrogens is 503 g/mol. The van der Waals surface area contributed by atoms with E-state index in [4.69, 9.17) is 0 Å². The molecule has 10 heteroatoms. The number of benzene rings is 3. The number of hydrogen-bond donors (Lipinski definition) is 1. The highest BCUT2D eigenvalue weighted by molar-refractivity contribution is 7.89. The fourth-order valence-electron chi connectivity index (χ4n) is 4.29. The zero-order valence-corrected chi connectivity index (χ0v) is 21.1. The van der Waals surface area contributed by atoms with Gasteiger partial charge in [-0.25, -0.2) is 8.42 Å². The van der Waals surface area contributed by atoms with Gasteiger partial charge in [-0.2, -0.15) is 17.9 Å². The molecule has 0 unspecified atom stereocenters. The number of nitrogens with one attached hydrogen (secondary N) is 1. The van der Waals surface area contributed by atoms with Crippen molar-refractivity contribution < 1.29 is 26.4 Å². The standard InChI is InChI=1S/C27H28F3N3O3S/c1-20-10-12-24(13-11-20)37(35,36)31-25(18-21-6-3-2-4-7-21)26(34)33-16-14-32(15-17-33)23-9-5-8-22(19-23)27(28,29)30/h2-13,19,25,31H,14-18H2,1H3/t25-/m1/s1. The summed E-state index contributed by atoms with van der Waals surface area (Å²) in [6.45, 7) is 3.02. The van der Waals surface area contributed by atoms with Gasteiger partial charge in [-0.3, -0.25) is 4.79 Å². The minimum Gasteiger partial charge on any atom is -0.368 e. The summed E-state index contributed by atoms with van der Waals surface area (Å²) >= 11 is 0. The number of halogens is 3. The van der Waals surface area contributed by atoms with Crippen LogP contribution in [0.5, 0.6) is 0 Å². The number of rotatable bonds is 7. The van der Waals surface area contributed by atoms with Gasteiger partial charge in [0.2, 0.25) is 15.9 Å². The van der Waals surface area contributed by atoms with Crippen molar-refractivity contribution in [3.8, 4) is 0 Å². The van der Waals surface area contributed by atoms with Gasteiger partial charge in [-0.05, 0) is 49.2 Å². The molecule has 1 atom stereocenters. The van der Waals surface area contributed by atoms with E-state index in [2.05, 4.69) is 4.72 Å². The predicted molar refractivity (Wildman–Crippen MR) is 136 cm³/mol. The van der Waals surface area contributed by atoms with Crippen LogP contribution in [0.4, 0.5) is 18.9 Å². The molecule has 1 fully saturated rings. The number of amides is 1. The molecule has 0 spiro atoms. The smallest absolute Gasteiger partial charge is 0.368 e. The van der Waals surface area contributed by atoms with E-state index in [1.54, 1.807) is 28.0 Å². The van der Waals surface area contributed by atoms with E-state index >= 15 is 0 Å². The first-order valence-corrected chi connectivity index (χ1v) is 13.4. The Morgan fingerprint density at radius 3 is 2.19 bits per heavy atom. The van der Waals surface area contributed by atoms with Gasteiger partial charge in [-0.1, -0.05) is 54.1 Å². The maximum absolute atomic E-state index is 13.5. The van der Waals surface area contributed by atoms with Gasteiger partial charge in [0, 0.05) is 31.9 Å². The van der Waals surface area contributed by atoms with Crippen molar-refractivity contribution in [2.75, 3.05) is 31.1 Å². The van der Waals surface area contributed by atoms with E-state index in [9.17, 15) is 26.4 Å². The topological polar surface area (TPSA) is 69.7 Å². The summed E-state index contributed by atoms with van der Waals surface area (Å²) in [5.41, 5.74) is 1.42. The number of carbonyl (C=O) groups excluding carboxylic acids is 1. The molecule has 4 rings (SSSR count). The summed E-state index contributed by atoms with van der Waals surface area (Å²) in [6, 6.07) is 19.6. The highest BCUT2D eigenvalue weighted by atomic mass is 32.2. The van der Waals surface area contributed by atoms with Crippen LogP contribution in [0.1, 0.15) is 16.7 Å². The van der Waals surface area contributed by atoms with Crippen LogP contribution in [0.25, 0.3) is 0 Å². The summed E-state index contributed by atoms with van der Waals surface area (Å²) in [5, 5.41) is 0. The van der Waals surface area contributed by atoms with Gasteiger partial charge in [0.25, 0.3) is 0 Å². The van der Waals surface area contributed by atoms with Crippen LogP contribution >= 0.6 is 0 Å². The van der Waals surface area contributed by atoms with E-state index in [1.165, 1.54) is 18.2 Å². The second kappa shape index (κ2) is 10.9. The number of hydrogen-bond acceptors (Lipinski definition) is 4. The summed E-state index contributed by atoms with van der Waals surface area (Å²) in [6.07, 6.45) is -4.27. The zero-order chi connectivity index (χ0) is 26.6. The number of aryl methyl sites for hydroxylation is 1. The monoisotopic (exact) mass is 531 g/mol. The molecule has 1 amide bonds. The first kappa shape index (κ1) is 26.7. The third-order valence-electron chi connectivity index (χ3n) is 6.34. The highest BCUT2D eigenvalue weighted by Gasteiger charge is 2.33. The van der Waals surface area contributed by atoms with Crippen molar-refractivity contribution in [2.24, 2.45) is 0 Å². The van der Waals surface area contributed by atoms with Crippen molar-refractivity contribution in [2.45, 2.75) is 30.5 Å². The Kier molecular flexibility index (Phi) is 7.89. The Morgan fingerprint density at radius 2 is 1.57 bits per heavy atom. The molecule has 37 heavy (non-hydrogen) atoms. The number of carbonyl (C=O) groups is 1. The van der Waals surface area contributed by atoms with Crippen LogP contribution in [-0.2, 0) is 27.4 Å². The fourth-order valence-corrected chi connectivity index (χ4v) is 5.48. The number of anilines is 1. The molecular formula is C27H28F3N3O3S.